The highest BCUT2D eigenvalue weighted by molar-refractivity contribution is 9.10. The van der Waals surface area contributed by atoms with Gasteiger partial charge in [0.05, 0.1) is 21.8 Å². The average molecular weight is 297 g/mol. The second-order valence-corrected chi connectivity index (χ2v) is 3.86. The third-order valence-corrected chi connectivity index (χ3v) is 2.78. The number of carbonyl (C=O) groups is 1. The molecule has 0 unspecified atom stereocenters. The molecule has 1 aromatic rings. The summed E-state index contributed by atoms with van der Waals surface area (Å²) in [5.74, 6) is -1.36. The van der Waals surface area contributed by atoms with Crippen LogP contribution in [0.25, 0.3) is 0 Å². The number of carbonyl (C=O) groups excluding carboxylic acids is 1. The summed E-state index contributed by atoms with van der Waals surface area (Å²) in [7, 11) is 0. The molecule has 0 aliphatic rings. The summed E-state index contributed by atoms with van der Waals surface area (Å²) in [6, 6.07) is 1.03. The zero-order valence-corrected chi connectivity index (χ0v) is 10.2. The largest absolute Gasteiger partial charge is 0.462 e. The number of benzene rings is 1. The van der Waals surface area contributed by atoms with E-state index in [0.717, 1.165) is 6.07 Å². The van der Waals surface area contributed by atoms with Crippen molar-refractivity contribution in [3.63, 3.8) is 0 Å². The highest BCUT2D eigenvalue weighted by Crippen LogP contribution is 2.32. The van der Waals surface area contributed by atoms with E-state index in [1.165, 1.54) is 0 Å². The van der Waals surface area contributed by atoms with E-state index in [1.807, 2.05) is 0 Å². The van der Waals surface area contributed by atoms with Gasteiger partial charge < -0.3 is 10.5 Å². The lowest BCUT2D eigenvalue weighted by atomic mass is 10.2. The Morgan fingerprint density at radius 1 is 1.73 bits per heavy atom. The number of hydrogen-bond donors (Lipinski definition) is 1. The van der Waals surface area contributed by atoms with Gasteiger partial charge in [-0.15, -0.1) is 0 Å². The number of nitrogens with two attached hydrogens (primary N) is 1. The predicted octanol–water partition coefficient (Wildman–Crippen LogP) is 3.00. The minimum absolute atomic E-state index is 0.00314. The van der Waals surface area contributed by atoms with E-state index in [-0.39, 0.29) is 27.4 Å². The van der Waals surface area contributed by atoms with Gasteiger partial charge in [0.2, 0.25) is 0 Å². The maximum atomic E-state index is 13.2. The van der Waals surface area contributed by atoms with Gasteiger partial charge in [-0.25, -0.2) is 9.18 Å². The van der Waals surface area contributed by atoms with E-state index in [1.54, 1.807) is 6.92 Å². The fourth-order valence-corrected chi connectivity index (χ4v) is 1.69. The second kappa shape index (κ2) is 4.81. The lowest BCUT2D eigenvalue weighted by Gasteiger charge is -2.09. The normalized spacial score (nSPS) is 10.1. The van der Waals surface area contributed by atoms with Gasteiger partial charge >= 0.3 is 5.97 Å². The van der Waals surface area contributed by atoms with Gasteiger partial charge in [-0.3, -0.25) is 0 Å². The van der Waals surface area contributed by atoms with Crippen LogP contribution in [0.4, 0.5) is 10.1 Å². The average Bonchev–Trinajstić information content (AvgIpc) is 2.16. The molecule has 1 rings (SSSR count). The molecule has 15 heavy (non-hydrogen) atoms. The van der Waals surface area contributed by atoms with Gasteiger partial charge in [-0.1, -0.05) is 11.6 Å². The summed E-state index contributed by atoms with van der Waals surface area (Å²) in [4.78, 5) is 11.4. The van der Waals surface area contributed by atoms with Crippen LogP contribution in [0.1, 0.15) is 17.3 Å². The summed E-state index contributed by atoms with van der Waals surface area (Å²) >= 11 is 8.56. The number of hydrogen-bond acceptors (Lipinski definition) is 3. The van der Waals surface area contributed by atoms with Crippen molar-refractivity contribution < 1.29 is 13.9 Å². The summed E-state index contributed by atoms with van der Waals surface area (Å²) < 4.78 is 17.9. The van der Waals surface area contributed by atoms with Crippen molar-refractivity contribution in [2.75, 3.05) is 12.3 Å². The van der Waals surface area contributed by atoms with Crippen molar-refractivity contribution >= 4 is 39.2 Å². The van der Waals surface area contributed by atoms with E-state index in [0.29, 0.717) is 0 Å². The highest BCUT2D eigenvalue weighted by atomic mass is 79.9. The second-order valence-electron chi connectivity index (χ2n) is 2.66. The lowest BCUT2D eigenvalue weighted by Crippen LogP contribution is -2.10. The molecule has 6 heteroatoms. The number of nitrogen functional groups attached to an aromatic ring is 1. The predicted molar refractivity (Wildman–Crippen MR) is 59.5 cm³/mol. The van der Waals surface area contributed by atoms with Gasteiger partial charge in [0, 0.05) is 0 Å². The van der Waals surface area contributed by atoms with Crippen molar-refractivity contribution in [2.45, 2.75) is 6.92 Å². The molecule has 0 aliphatic heterocycles. The number of rotatable bonds is 2. The van der Waals surface area contributed by atoms with Crippen LogP contribution in [-0.4, -0.2) is 12.6 Å². The molecular weight excluding hydrogens is 288 g/mol. The van der Waals surface area contributed by atoms with Gasteiger partial charge in [0.15, 0.2) is 0 Å². The molecule has 0 spiro atoms. The van der Waals surface area contributed by atoms with Crippen molar-refractivity contribution in [3.8, 4) is 0 Å². The Morgan fingerprint density at radius 3 is 2.87 bits per heavy atom. The summed E-state index contributed by atoms with van der Waals surface area (Å²) in [6.07, 6.45) is 0. The van der Waals surface area contributed by atoms with Gasteiger partial charge in [-0.05, 0) is 28.9 Å². The third kappa shape index (κ3) is 2.41. The molecule has 0 heterocycles. The zero-order chi connectivity index (χ0) is 11.6. The van der Waals surface area contributed by atoms with Crippen LogP contribution in [0, 0.1) is 5.82 Å². The molecule has 0 bridgehead atoms. The Balaban J connectivity index is 3.32. The van der Waals surface area contributed by atoms with Crippen LogP contribution in [0.5, 0.6) is 0 Å². The molecule has 0 saturated carbocycles. The molecule has 0 aliphatic carbocycles. The molecule has 0 aromatic heterocycles. The van der Waals surface area contributed by atoms with Crippen LogP contribution in [0.3, 0.4) is 0 Å². The third-order valence-electron chi connectivity index (χ3n) is 1.69. The molecule has 3 nitrogen and oxygen atoms in total. The molecule has 1 aromatic carbocycles. The number of esters is 1. The molecule has 82 valence electrons. The maximum Gasteiger partial charge on any atom is 0.341 e. The van der Waals surface area contributed by atoms with Gasteiger partial charge in [-0.2, -0.15) is 0 Å². The fourth-order valence-electron chi connectivity index (χ4n) is 1.01. The standard InChI is InChI=1S/C9H8BrClFNO2/c1-2-15-9(14)6-7(10)5(12)3-4(11)8(6)13/h3H,2,13H2,1H3. The van der Waals surface area contributed by atoms with Gasteiger partial charge in [0.25, 0.3) is 0 Å². The molecule has 0 fully saturated rings. The summed E-state index contributed by atoms with van der Waals surface area (Å²) in [5, 5.41) is -0.0150. The molecular formula is C9H8BrClFNO2. The minimum atomic E-state index is -0.705. The molecule has 0 amide bonds. The van der Waals surface area contributed by atoms with Gasteiger partial charge in [0.1, 0.15) is 11.4 Å². The van der Waals surface area contributed by atoms with Crippen molar-refractivity contribution in [2.24, 2.45) is 0 Å². The Morgan fingerprint density at radius 2 is 2.33 bits per heavy atom. The number of anilines is 1. The maximum absolute atomic E-state index is 13.2. The summed E-state index contributed by atoms with van der Waals surface area (Å²) in [5.41, 5.74) is 5.48. The molecule has 0 saturated heterocycles. The Labute approximate surface area is 99.5 Å². The first kappa shape index (κ1) is 12.3. The Kier molecular flexibility index (Phi) is 3.93. The fraction of sp³-hybridized carbons (Fsp3) is 0.222. The quantitative estimate of drug-likeness (QED) is 0.518. The lowest BCUT2D eigenvalue weighted by molar-refractivity contribution is 0.0526. The van der Waals surface area contributed by atoms with E-state index in [9.17, 15) is 9.18 Å². The van der Waals surface area contributed by atoms with Crippen molar-refractivity contribution in [1.82, 2.24) is 0 Å². The highest BCUT2D eigenvalue weighted by Gasteiger charge is 2.20. The topological polar surface area (TPSA) is 52.3 Å². The monoisotopic (exact) mass is 295 g/mol. The zero-order valence-electron chi connectivity index (χ0n) is 7.81. The first-order valence-corrected chi connectivity index (χ1v) is 5.26. The van der Waals surface area contributed by atoms with Crippen LogP contribution >= 0.6 is 27.5 Å². The van der Waals surface area contributed by atoms with E-state index in [4.69, 9.17) is 22.1 Å². The van der Waals surface area contributed by atoms with Crippen LogP contribution < -0.4 is 5.73 Å². The van der Waals surface area contributed by atoms with E-state index >= 15 is 0 Å². The van der Waals surface area contributed by atoms with Crippen molar-refractivity contribution in [1.29, 1.82) is 0 Å². The molecule has 0 radical (unpaired) electrons. The number of ether oxygens (including phenoxy) is 1. The SMILES string of the molecule is CCOC(=O)c1c(N)c(Cl)cc(F)c1Br. The first-order chi connectivity index (χ1) is 6.99. The minimum Gasteiger partial charge on any atom is -0.462 e. The van der Waals surface area contributed by atoms with Crippen LogP contribution in [0.2, 0.25) is 5.02 Å². The number of halogens is 3. The Hall–Kier alpha value is -0.810. The van der Waals surface area contributed by atoms with Crippen LogP contribution in [-0.2, 0) is 4.74 Å². The van der Waals surface area contributed by atoms with E-state index < -0.39 is 11.8 Å². The van der Waals surface area contributed by atoms with Crippen LogP contribution in [0.15, 0.2) is 10.5 Å². The van der Waals surface area contributed by atoms with E-state index in [2.05, 4.69) is 15.9 Å². The Bertz CT molecular complexity index is 385. The van der Waals surface area contributed by atoms with Crippen molar-refractivity contribution in [3.05, 3.63) is 26.9 Å². The molecule has 2 N–H and O–H groups in total. The molecule has 0 atom stereocenters. The first-order valence-electron chi connectivity index (χ1n) is 4.09. The smallest absolute Gasteiger partial charge is 0.341 e. The summed E-state index contributed by atoms with van der Waals surface area (Å²) in [6.45, 7) is 1.82.